The Hall–Kier alpha value is -7.05. The largest absolute Gasteiger partial charge is 0.456 e. The van der Waals surface area contributed by atoms with Crippen LogP contribution in [-0.2, 0) is 0 Å². The zero-order valence-electron chi connectivity index (χ0n) is 31.8. The first-order valence-corrected chi connectivity index (χ1v) is 16.6. The molecule has 0 aliphatic heterocycles. The number of furan rings is 1. The Morgan fingerprint density at radius 2 is 1.04 bits per heavy atom. The number of hydrogen-bond donors (Lipinski definition) is 0. The summed E-state index contributed by atoms with van der Waals surface area (Å²) < 4.78 is 53.4. The Labute approximate surface area is 298 Å². The summed E-state index contributed by atoms with van der Waals surface area (Å²) in [6.07, 6.45) is 0. The van der Waals surface area contributed by atoms with Gasteiger partial charge in [-0.25, -0.2) is 4.98 Å². The van der Waals surface area contributed by atoms with E-state index in [1.807, 2.05) is 83.4 Å². The van der Waals surface area contributed by atoms with E-state index in [4.69, 9.17) is 26.2 Å². The Bertz CT molecular complexity index is 3410. The van der Waals surface area contributed by atoms with E-state index >= 15 is 0 Å². The molecule has 0 N–H and O–H groups in total. The molecular weight excluding hydrogens is 627 g/mol. The van der Waals surface area contributed by atoms with Gasteiger partial charge < -0.3 is 8.98 Å². The molecule has 0 saturated heterocycles. The van der Waals surface area contributed by atoms with Gasteiger partial charge in [-0.15, -0.1) is 0 Å². The van der Waals surface area contributed by atoms with E-state index in [0.29, 0.717) is 11.1 Å². The van der Waals surface area contributed by atoms with Gasteiger partial charge >= 0.3 is 0 Å². The van der Waals surface area contributed by atoms with Crippen molar-refractivity contribution in [3.8, 4) is 34.4 Å². The lowest BCUT2D eigenvalue weighted by atomic mass is 10.1. The maximum Gasteiger partial charge on any atom is 0.238 e. The van der Waals surface area contributed by atoms with Gasteiger partial charge in [0.15, 0.2) is 11.6 Å². The van der Waals surface area contributed by atoms with Crippen molar-refractivity contribution in [3.05, 3.63) is 164 Å². The van der Waals surface area contributed by atoms with Gasteiger partial charge in [0.2, 0.25) is 5.95 Å². The van der Waals surface area contributed by atoms with Crippen LogP contribution in [0.3, 0.4) is 0 Å². The highest BCUT2D eigenvalue weighted by Gasteiger charge is 2.22. The first-order valence-electron chi connectivity index (χ1n) is 19.1. The van der Waals surface area contributed by atoms with Crippen LogP contribution in [0.25, 0.3) is 100.0 Å². The quantitative estimate of drug-likeness (QED) is 0.189. The summed E-state index contributed by atoms with van der Waals surface area (Å²) in [5.74, 6) is 0.449. The van der Waals surface area contributed by atoms with Gasteiger partial charge in [0.1, 0.15) is 11.2 Å². The fourth-order valence-electron chi connectivity index (χ4n) is 7.52. The third-order valence-corrected chi connectivity index (χ3v) is 9.67. The highest BCUT2D eigenvalue weighted by atomic mass is 16.3. The summed E-state index contributed by atoms with van der Waals surface area (Å²) in [5, 5.41) is 6.08. The Kier molecular flexibility index (Phi) is 4.91. The van der Waals surface area contributed by atoms with Gasteiger partial charge in [-0.3, -0.25) is 4.57 Å². The number of benzene rings is 7. The molecule has 7 aromatic carbocycles. The Morgan fingerprint density at radius 3 is 1.78 bits per heavy atom. The molecule has 0 unspecified atom stereocenters. The average molecular weight is 659 g/mol. The van der Waals surface area contributed by atoms with Gasteiger partial charge in [0.05, 0.1) is 28.9 Å². The summed E-state index contributed by atoms with van der Waals surface area (Å²) in [6, 6.07) is 42.3. The molecule has 4 aromatic heterocycles. The molecular formula is C45H27N5O. The molecule has 6 nitrogen and oxygen atoms in total. The molecule has 0 aliphatic rings. The maximum atomic E-state index is 8.87. The minimum atomic E-state index is -0.491. The first kappa shape index (κ1) is 23.3. The van der Waals surface area contributed by atoms with Crippen molar-refractivity contribution in [1.82, 2.24) is 24.1 Å². The number of aromatic nitrogens is 5. The maximum absolute atomic E-state index is 8.87. The second kappa shape index (κ2) is 10.7. The van der Waals surface area contributed by atoms with E-state index in [-0.39, 0.29) is 23.2 Å². The average Bonchev–Trinajstić information content (AvgIpc) is 3.90. The summed E-state index contributed by atoms with van der Waals surface area (Å²) in [5.41, 5.74) is 6.74. The molecule has 0 fully saturated rings. The van der Waals surface area contributed by atoms with Crippen LogP contribution < -0.4 is 0 Å². The molecule has 0 atom stereocenters. The normalized spacial score (nSPS) is 13.3. The molecule has 238 valence electrons. The van der Waals surface area contributed by atoms with Crippen LogP contribution in [0.15, 0.2) is 168 Å². The van der Waals surface area contributed by atoms with Crippen molar-refractivity contribution < 1.29 is 11.3 Å². The van der Waals surface area contributed by atoms with E-state index in [1.165, 1.54) is 0 Å². The number of hydrogen-bond acceptors (Lipinski definition) is 4. The summed E-state index contributed by atoms with van der Waals surface area (Å²) in [6.45, 7) is 0. The standard InChI is InChI=1S/C45H27N5O/c1-3-13-28(14-4-1)43-46-44(29-23-24-32-31-17-9-12-22-39(31)51-40(32)27-29)48-45(47-43)50-36-21-11-8-19-34(36)42-38(50)26-25-37-41(42)33-18-7-10-20-35(33)49(37)30-15-5-2-6-16-30/h1-27H/i1D,3D,4D,13D,14D. The molecule has 4 heterocycles. The van der Waals surface area contributed by atoms with Crippen LogP contribution in [0, 0.1) is 0 Å². The lowest BCUT2D eigenvalue weighted by molar-refractivity contribution is 0.669. The van der Waals surface area contributed by atoms with Gasteiger partial charge in [-0.2, -0.15) is 9.97 Å². The van der Waals surface area contributed by atoms with Gasteiger partial charge in [0, 0.05) is 49.1 Å². The minimum absolute atomic E-state index is 0.0422. The number of rotatable bonds is 4. The Balaban J connectivity index is 1.24. The topological polar surface area (TPSA) is 61.7 Å². The second-order valence-corrected chi connectivity index (χ2v) is 12.5. The molecule has 0 spiro atoms. The number of nitrogens with zero attached hydrogens (tertiary/aromatic N) is 5. The monoisotopic (exact) mass is 658 g/mol. The van der Waals surface area contributed by atoms with Crippen LogP contribution in [0.5, 0.6) is 0 Å². The van der Waals surface area contributed by atoms with Crippen molar-refractivity contribution in [2.45, 2.75) is 0 Å². The van der Waals surface area contributed by atoms with Crippen LogP contribution in [-0.4, -0.2) is 24.1 Å². The highest BCUT2D eigenvalue weighted by Crippen LogP contribution is 2.42. The van der Waals surface area contributed by atoms with Crippen molar-refractivity contribution in [1.29, 1.82) is 0 Å². The van der Waals surface area contributed by atoms with Gasteiger partial charge in [0.25, 0.3) is 0 Å². The van der Waals surface area contributed by atoms with Crippen LogP contribution in [0.2, 0.25) is 0 Å². The van der Waals surface area contributed by atoms with E-state index in [0.717, 1.165) is 65.7 Å². The van der Waals surface area contributed by atoms with Crippen LogP contribution >= 0.6 is 0 Å². The van der Waals surface area contributed by atoms with E-state index in [2.05, 4.69) is 59.2 Å². The van der Waals surface area contributed by atoms with Gasteiger partial charge in [-0.05, 0) is 54.6 Å². The van der Waals surface area contributed by atoms with E-state index < -0.39 is 30.2 Å². The number of fused-ring (bicyclic) bond motifs is 10. The van der Waals surface area contributed by atoms with Crippen molar-refractivity contribution >= 4 is 65.6 Å². The number of para-hydroxylation sites is 4. The highest BCUT2D eigenvalue weighted by molar-refractivity contribution is 6.28. The fourth-order valence-corrected chi connectivity index (χ4v) is 7.52. The summed E-state index contributed by atoms with van der Waals surface area (Å²) in [4.78, 5) is 14.8. The molecule has 11 rings (SSSR count). The summed E-state index contributed by atoms with van der Waals surface area (Å²) >= 11 is 0. The fraction of sp³-hybridized carbons (Fsp3) is 0. The van der Waals surface area contributed by atoms with Crippen molar-refractivity contribution in [3.63, 3.8) is 0 Å². The van der Waals surface area contributed by atoms with E-state index in [1.54, 1.807) is 0 Å². The molecule has 0 radical (unpaired) electrons. The van der Waals surface area contributed by atoms with Crippen LogP contribution in [0.1, 0.15) is 6.85 Å². The molecule has 51 heavy (non-hydrogen) atoms. The van der Waals surface area contributed by atoms with Crippen molar-refractivity contribution in [2.75, 3.05) is 0 Å². The van der Waals surface area contributed by atoms with Crippen molar-refractivity contribution in [2.24, 2.45) is 0 Å². The lowest BCUT2D eigenvalue weighted by Gasteiger charge is -2.11. The smallest absolute Gasteiger partial charge is 0.238 e. The summed E-state index contributed by atoms with van der Waals surface area (Å²) in [7, 11) is 0. The third kappa shape index (κ3) is 4.14. The van der Waals surface area contributed by atoms with E-state index in [9.17, 15) is 0 Å². The van der Waals surface area contributed by atoms with Crippen LogP contribution in [0.4, 0.5) is 0 Å². The molecule has 0 aliphatic carbocycles. The molecule has 11 aromatic rings. The van der Waals surface area contributed by atoms with Gasteiger partial charge in [-0.1, -0.05) is 109 Å². The predicted molar refractivity (Wildman–Crippen MR) is 207 cm³/mol. The molecule has 0 amide bonds. The third-order valence-electron chi connectivity index (χ3n) is 9.67. The molecule has 0 saturated carbocycles. The second-order valence-electron chi connectivity index (χ2n) is 12.5. The Morgan fingerprint density at radius 1 is 0.451 bits per heavy atom. The SMILES string of the molecule is [2H]c1c([2H])c([2H])c(-c2nc(-c3ccc4c(c3)oc3ccccc34)nc(-n3c4ccccc4c4c5c6ccccc6n(-c6ccccc6)c5ccc43)n2)c([2H])c1[2H]. The minimum Gasteiger partial charge on any atom is -0.456 e. The zero-order valence-corrected chi connectivity index (χ0v) is 26.8. The molecule has 6 heteroatoms. The molecule has 0 bridgehead atoms. The predicted octanol–water partition coefficient (Wildman–Crippen LogP) is 11.3. The zero-order chi connectivity index (χ0) is 37.8. The lowest BCUT2D eigenvalue weighted by Crippen LogP contribution is -2.06. The first-order chi connectivity index (χ1) is 27.4.